The molecule has 1 aromatic carbocycles. The Labute approximate surface area is 108 Å². The van der Waals surface area contributed by atoms with Crippen molar-refractivity contribution in [2.24, 2.45) is 0 Å². The van der Waals surface area contributed by atoms with Gasteiger partial charge in [0.2, 0.25) is 0 Å². The lowest BCUT2D eigenvalue weighted by Crippen LogP contribution is -2.13. The van der Waals surface area contributed by atoms with Gasteiger partial charge in [0.15, 0.2) is 5.13 Å². The van der Waals surface area contributed by atoms with E-state index in [0.29, 0.717) is 0 Å². The van der Waals surface area contributed by atoms with Crippen LogP contribution in [0.3, 0.4) is 0 Å². The number of halogens is 1. The number of anilines is 2. The van der Waals surface area contributed by atoms with Crippen LogP contribution < -0.4 is 10.5 Å². The fourth-order valence-corrected chi connectivity index (χ4v) is 3.11. The highest BCUT2D eigenvalue weighted by Crippen LogP contribution is 2.23. The average molecular weight is 287 g/mol. The molecule has 2 aromatic rings. The quantitative estimate of drug-likeness (QED) is 0.845. The normalized spacial score (nSPS) is 11.4. The first kappa shape index (κ1) is 12.8. The SMILES string of the molecule is Cc1c(N)cc(S(=O)(=O)Nc2nccs2)cc1F. The molecule has 1 aromatic heterocycles. The number of benzene rings is 1. The third-order valence-corrected chi connectivity index (χ3v) is 4.46. The van der Waals surface area contributed by atoms with Gasteiger partial charge in [0.05, 0.1) is 4.90 Å². The van der Waals surface area contributed by atoms with Crippen molar-refractivity contribution in [3.8, 4) is 0 Å². The lowest BCUT2D eigenvalue weighted by molar-refractivity contribution is 0.593. The molecule has 18 heavy (non-hydrogen) atoms. The number of nitrogens with one attached hydrogen (secondary N) is 1. The smallest absolute Gasteiger partial charge is 0.263 e. The second-order valence-corrected chi connectivity index (χ2v) is 6.14. The van der Waals surface area contributed by atoms with Gasteiger partial charge in [0.1, 0.15) is 5.82 Å². The monoisotopic (exact) mass is 287 g/mol. The Balaban J connectivity index is 2.42. The Hall–Kier alpha value is -1.67. The van der Waals surface area contributed by atoms with Crippen LogP contribution in [0.5, 0.6) is 0 Å². The molecule has 8 heteroatoms. The zero-order valence-corrected chi connectivity index (χ0v) is 11.0. The number of hydrogen-bond donors (Lipinski definition) is 2. The van der Waals surface area contributed by atoms with Gasteiger partial charge in [-0.1, -0.05) is 0 Å². The van der Waals surface area contributed by atoms with Crippen molar-refractivity contribution >= 4 is 32.2 Å². The predicted octanol–water partition coefficient (Wildman–Crippen LogP) is 1.97. The zero-order valence-electron chi connectivity index (χ0n) is 9.34. The van der Waals surface area contributed by atoms with Crippen LogP contribution in [-0.2, 0) is 10.0 Å². The van der Waals surface area contributed by atoms with Gasteiger partial charge in [-0.3, -0.25) is 4.72 Å². The van der Waals surface area contributed by atoms with Crippen LogP contribution >= 0.6 is 11.3 Å². The highest BCUT2D eigenvalue weighted by atomic mass is 32.2. The van der Waals surface area contributed by atoms with E-state index in [2.05, 4.69) is 9.71 Å². The van der Waals surface area contributed by atoms with E-state index in [-0.39, 0.29) is 21.3 Å². The molecule has 0 amide bonds. The fourth-order valence-electron chi connectivity index (χ4n) is 1.28. The first-order valence-corrected chi connectivity index (χ1v) is 7.24. The fraction of sp³-hybridized carbons (Fsp3) is 0.100. The maximum Gasteiger partial charge on any atom is 0.263 e. The third-order valence-electron chi connectivity index (χ3n) is 2.32. The first-order valence-electron chi connectivity index (χ1n) is 4.88. The van der Waals surface area contributed by atoms with Crippen molar-refractivity contribution in [1.82, 2.24) is 4.98 Å². The summed E-state index contributed by atoms with van der Waals surface area (Å²) in [7, 11) is -3.87. The molecular formula is C10H10FN3O2S2. The number of rotatable bonds is 3. The molecule has 1 heterocycles. The Kier molecular flexibility index (Phi) is 3.22. The van der Waals surface area contributed by atoms with E-state index in [1.807, 2.05) is 0 Å². The van der Waals surface area contributed by atoms with E-state index in [1.54, 1.807) is 5.38 Å². The first-order chi connectivity index (χ1) is 8.40. The van der Waals surface area contributed by atoms with Gasteiger partial charge in [-0.15, -0.1) is 11.3 Å². The lowest BCUT2D eigenvalue weighted by Gasteiger charge is -2.08. The van der Waals surface area contributed by atoms with E-state index < -0.39 is 15.8 Å². The molecule has 2 rings (SSSR count). The average Bonchev–Trinajstić information content (AvgIpc) is 2.77. The molecule has 0 saturated carbocycles. The summed E-state index contributed by atoms with van der Waals surface area (Å²) >= 11 is 1.13. The number of thiazole rings is 1. The number of sulfonamides is 1. The molecule has 0 radical (unpaired) electrons. The molecule has 5 nitrogen and oxygen atoms in total. The van der Waals surface area contributed by atoms with Crippen molar-refractivity contribution < 1.29 is 12.8 Å². The summed E-state index contributed by atoms with van der Waals surface area (Å²) in [6.45, 7) is 1.48. The molecular weight excluding hydrogens is 277 g/mol. The summed E-state index contributed by atoms with van der Waals surface area (Å²) in [6, 6.07) is 2.15. The summed E-state index contributed by atoms with van der Waals surface area (Å²) in [5.74, 6) is -0.658. The second kappa shape index (κ2) is 4.54. The number of nitrogen functional groups attached to an aromatic ring is 1. The van der Waals surface area contributed by atoms with Gasteiger partial charge < -0.3 is 5.73 Å². The minimum atomic E-state index is -3.87. The molecule has 0 aliphatic carbocycles. The molecule has 3 N–H and O–H groups in total. The topological polar surface area (TPSA) is 85.1 Å². The number of aromatic nitrogens is 1. The Bertz CT molecular complexity index is 645. The lowest BCUT2D eigenvalue weighted by atomic mass is 10.2. The molecule has 0 unspecified atom stereocenters. The molecule has 0 fully saturated rings. The maximum absolute atomic E-state index is 13.5. The van der Waals surface area contributed by atoms with Crippen LogP contribution in [0.15, 0.2) is 28.6 Å². The summed E-state index contributed by atoms with van der Waals surface area (Å²) < 4.78 is 39.6. The van der Waals surface area contributed by atoms with Crippen LogP contribution in [-0.4, -0.2) is 13.4 Å². The van der Waals surface area contributed by atoms with Gasteiger partial charge >= 0.3 is 0 Å². The van der Waals surface area contributed by atoms with Crippen LogP contribution in [0, 0.1) is 12.7 Å². The predicted molar refractivity (Wildman–Crippen MR) is 68.5 cm³/mol. The molecule has 0 atom stereocenters. The second-order valence-electron chi connectivity index (χ2n) is 3.56. The number of hydrogen-bond acceptors (Lipinski definition) is 5. The standard InChI is InChI=1S/C10H10FN3O2S2/c1-6-8(11)4-7(5-9(6)12)18(15,16)14-10-13-2-3-17-10/h2-5H,12H2,1H3,(H,13,14). The van der Waals surface area contributed by atoms with E-state index in [1.165, 1.54) is 19.2 Å². The van der Waals surface area contributed by atoms with Gasteiger partial charge in [0, 0.05) is 22.8 Å². The minimum absolute atomic E-state index is 0.0921. The Morgan fingerprint density at radius 1 is 1.44 bits per heavy atom. The van der Waals surface area contributed by atoms with Gasteiger partial charge in [-0.2, -0.15) is 0 Å². The van der Waals surface area contributed by atoms with Crippen LogP contribution in [0.1, 0.15) is 5.56 Å². The highest BCUT2D eigenvalue weighted by molar-refractivity contribution is 7.93. The highest BCUT2D eigenvalue weighted by Gasteiger charge is 2.18. The van der Waals surface area contributed by atoms with E-state index >= 15 is 0 Å². The van der Waals surface area contributed by atoms with Crippen molar-refractivity contribution in [3.05, 3.63) is 35.1 Å². The molecule has 0 bridgehead atoms. The van der Waals surface area contributed by atoms with Gasteiger partial charge in [0.25, 0.3) is 10.0 Å². The molecule has 0 aliphatic heterocycles. The summed E-state index contributed by atoms with van der Waals surface area (Å²) in [6.07, 6.45) is 1.46. The summed E-state index contributed by atoms with van der Waals surface area (Å²) in [5, 5.41) is 1.84. The zero-order chi connectivity index (χ0) is 13.3. The van der Waals surface area contributed by atoms with Crippen LogP contribution in [0.25, 0.3) is 0 Å². The number of nitrogens with two attached hydrogens (primary N) is 1. The number of nitrogens with zero attached hydrogens (tertiary/aromatic N) is 1. The van der Waals surface area contributed by atoms with E-state index in [4.69, 9.17) is 5.73 Å². The van der Waals surface area contributed by atoms with Crippen molar-refractivity contribution in [1.29, 1.82) is 0 Å². The van der Waals surface area contributed by atoms with Crippen molar-refractivity contribution in [2.75, 3.05) is 10.5 Å². The van der Waals surface area contributed by atoms with Crippen LogP contribution in [0.4, 0.5) is 15.2 Å². The molecule has 0 aliphatic rings. The molecule has 0 spiro atoms. The van der Waals surface area contributed by atoms with E-state index in [9.17, 15) is 12.8 Å². The maximum atomic E-state index is 13.5. The van der Waals surface area contributed by atoms with Crippen molar-refractivity contribution in [3.63, 3.8) is 0 Å². The van der Waals surface area contributed by atoms with Crippen molar-refractivity contribution in [2.45, 2.75) is 11.8 Å². The molecule has 96 valence electrons. The van der Waals surface area contributed by atoms with Gasteiger partial charge in [-0.05, 0) is 19.1 Å². The largest absolute Gasteiger partial charge is 0.398 e. The summed E-state index contributed by atoms with van der Waals surface area (Å²) in [5.41, 5.74) is 5.86. The third kappa shape index (κ3) is 2.44. The minimum Gasteiger partial charge on any atom is -0.398 e. The van der Waals surface area contributed by atoms with Gasteiger partial charge in [-0.25, -0.2) is 17.8 Å². The Morgan fingerprint density at radius 2 is 2.17 bits per heavy atom. The summed E-state index contributed by atoms with van der Waals surface area (Å²) in [4.78, 5) is 3.57. The Morgan fingerprint density at radius 3 is 2.72 bits per heavy atom. The molecule has 0 saturated heterocycles. The van der Waals surface area contributed by atoms with Crippen LogP contribution in [0.2, 0.25) is 0 Å². The van der Waals surface area contributed by atoms with E-state index in [0.717, 1.165) is 17.4 Å².